The summed E-state index contributed by atoms with van der Waals surface area (Å²) in [6.07, 6.45) is 2.30. The van der Waals surface area contributed by atoms with Crippen LogP contribution in [-0.4, -0.2) is 20.0 Å². The lowest BCUT2D eigenvalue weighted by molar-refractivity contribution is -0.118. The molecule has 4 aromatic rings. The molecule has 0 bridgehead atoms. The second kappa shape index (κ2) is 6.48. The van der Waals surface area contributed by atoms with E-state index in [0.717, 1.165) is 22.9 Å². The minimum absolute atomic E-state index is 0.0520. The first-order valence-electron chi connectivity index (χ1n) is 8.44. The van der Waals surface area contributed by atoms with E-state index < -0.39 is 5.91 Å². The Hall–Kier alpha value is -3.41. The van der Waals surface area contributed by atoms with Crippen LogP contribution >= 0.6 is 0 Å². The fourth-order valence-corrected chi connectivity index (χ4v) is 3.32. The van der Waals surface area contributed by atoms with Gasteiger partial charge in [0.05, 0.1) is 11.8 Å². The first-order valence-corrected chi connectivity index (χ1v) is 8.44. The predicted octanol–water partition coefficient (Wildman–Crippen LogP) is 2.08. The average Bonchev–Trinajstić information content (AvgIpc) is 2.96. The molecule has 2 aromatic heterocycles. The third-order valence-electron chi connectivity index (χ3n) is 4.53. The molecule has 0 aliphatic rings. The van der Waals surface area contributed by atoms with E-state index in [-0.39, 0.29) is 12.1 Å². The summed E-state index contributed by atoms with van der Waals surface area (Å²) < 4.78 is 3.26. The van der Waals surface area contributed by atoms with Gasteiger partial charge in [0.1, 0.15) is 17.6 Å². The summed E-state index contributed by atoms with van der Waals surface area (Å²) in [5.41, 5.74) is 8.19. The zero-order chi connectivity index (χ0) is 18.1. The summed E-state index contributed by atoms with van der Waals surface area (Å²) in [6.45, 7) is 0.466. The van der Waals surface area contributed by atoms with Crippen molar-refractivity contribution in [2.75, 3.05) is 0 Å². The van der Waals surface area contributed by atoms with Crippen LogP contribution in [0.4, 0.5) is 0 Å². The van der Waals surface area contributed by atoms with E-state index in [9.17, 15) is 9.59 Å². The number of hydrogen-bond donors (Lipinski definition) is 1. The van der Waals surface area contributed by atoms with Crippen molar-refractivity contribution in [3.8, 4) is 0 Å². The Morgan fingerprint density at radius 2 is 1.77 bits per heavy atom. The number of nitrogens with two attached hydrogens (primary N) is 1. The van der Waals surface area contributed by atoms with E-state index in [2.05, 4.69) is 4.98 Å². The summed E-state index contributed by atoms with van der Waals surface area (Å²) in [5, 5.41) is 0.844. The molecular formula is C20H18N4O2. The van der Waals surface area contributed by atoms with Gasteiger partial charge in [-0.15, -0.1) is 0 Å². The highest BCUT2D eigenvalue weighted by Crippen LogP contribution is 2.24. The summed E-state index contributed by atoms with van der Waals surface area (Å²) in [7, 11) is 0. The third-order valence-corrected chi connectivity index (χ3v) is 4.53. The molecule has 0 atom stereocenters. The quantitative estimate of drug-likeness (QED) is 0.600. The van der Waals surface area contributed by atoms with Gasteiger partial charge in [0.25, 0.3) is 5.56 Å². The van der Waals surface area contributed by atoms with Crippen molar-refractivity contribution in [3.63, 3.8) is 0 Å². The van der Waals surface area contributed by atoms with Gasteiger partial charge in [0.15, 0.2) is 0 Å². The van der Waals surface area contributed by atoms with Crippen molar-refractivity contribution in [2.24, 2.45) is 5.73 Å². The Labute approximate surface area is 149 Å². The van der Waals surface area contributed by atoms with Gasteiger partial charge in [0, 0.05) is 11.9 Å². The van der Waals surface area contributed by atoms with Crippen LogP contribution in [0.5, 0.6) is 0 Å². The number of carbonyl (C=O) groups excluding carboxylic acids is 1. The Morgan fingerprint density at radius 3 is 2.54 bits per heavy atom. The maximum Gasteiger partial charge on any atom is 0.277 e. The Balaban J connectivity index is 1.84. The second-order valence-corrected chi connectivity index (χ2v) is 6.25. The maximum atomic E-state index is 13.1. The standard InChI is InChI=1S/C20H18N4O2/c21-17(25)12-24-16-9-5-4-8-15(16)18-19(24)20(26)23(13-22-18)11-10-14-6-2-1-3-7-14/h1-9,13H,10-12H2,(H2,21,25). The molecule has 0 saturated carbocycles. The Kier molecular flexibility index (Phi) is 4.01. The first kappa shape index (κ1) is 16.1. The minimum atomic E-state index is -0.494. The van der Waals surface area contributed by atoms with Gasteiger partial charge in [-0.05, 0) is 18.1 Å². The van der Waals surface area contributed by atoms with Crippen molar-refractivity contribution in [1.29, 1.82) is 0 Å². The number of primary amides is 1. The lowest BCUT2D eigenvalue weighted by Gasteiger charge is -2.07. The van der Waals surface area contributed by atoms with E-state index in [1.165, 1.54) is 0 Å². The second-order valence-electron chi connectivity index (χ2n) is 6.25. The van der Waals surface area contributed by atoms with Crippen molar-refractivity contribution in [1.82, 2.24) is 14.1 Å². The van der Waals surface area contributed by atoms with Crippen LogP contribution in [0, 0.1) is 0 Å². The molecule has 6 nitrogen and oxygen atoms in total. The Morgan fingerprint density at radius 1 is 1.04 bits per heavy atom. The smallest absolute Gasteiger partial charge is 0.277 e. The highest BCUT2D eigenvalue weighted by molar-refractivity contribution is 6.05. The van der Waals surface area contributed by atoms with Crippen LogP contribution in [-0.2, 0) is 24.3 Å². The number of aryl methyl sites for hydroxylation is 2. The molecular weight excluding hydrogens is 328 g/mol. The number of carbonyl (C=O) groups is 1. The van der Waals surface area contributed by atoms with Crippen LogP contribution in [0.2, 0.25) is 0 Å². The normalized spacial score (nSPS) is 11.2. The number of para-hydroxylation sites is 1. The summed E-state index contributed by atoms with van der Waals surface area (Å²) in [6, 6.07) is 17.5. The largest absolute Gasteiger partial charge is 0.368 e. The van der Waals surface area contributed by atoms with E-state index in [1.54, 1.807) is 15.5 Å². The minimum Gasteiger partial charge on any atom is -0.368 e. The fraction of sp³-hybridized carbons (Fsp3) is 0.150. The zero-order valence-electron chi connectivity index (χ0n) is 14.1. The van der Waals surface area contributed by atoms with E-state index >= 15 is 0 Å². The van der Waals surface area contributed by atoms with Gasteiger partial charge in [-0.25, -0.2) is 4.98 Å². The summed E-state index contributed by atoms with van der Waals surface area (Å²) >= 11 is 0. The Bertz CT molecular complexity index is 1160. The van der Waals surface area contributed by atoms with Gasteiger partial charge in [-0.3, -0.25) is 14.2 Å². The molecule has 0 aliphatic heterocycles. The fourth-order valence-electron chi connectivity index (χ4n) is 3.32. The summed E-state index contributed by atoms with van der Waals surface area (Å²) in [5.74, 6) is -0.494. The molecule has 2 heterocycles. The van der Waals surface area contributed by atoms with Crippen LogP contribution in [0.1, 0.15) is 5.56 Å². The predicted molar refractivity (Wildman–Crippen MR) is 101 cm³/mol. The molecule has 0 saturated heterocycles. The first-order chi connectivity index (χ1) is 12.6. The SMILES string of the molecule is NC(=O)Cn1c2ccccc2c2ncn(CCc3ccccc3)c(=O)c21. The molecule has 4 rings (SSSR count). The molecule has 2 aromatic carbocycles. The number of rotatable bonds is 5. The van der Waals surface area contributed by atoms with Crippen molar-refractivity contribution in [3.05, 3.63) is 76.8 Å². The molecule has 0 radical (unpaired) electrons. The van der Waals surface area contributed by atoms with Gasteiger partial charge in [0.2, 0.25) is 5.91 Å². The number of nitrogens with zero attached hydrogens (tertiary/aromatic N) is 3. The van der Waals surface area contributed by atoms with Crippen molar-refractivity contribution < 1.29 is 4.79 Å². The van der Waals surface area contributed by atoms with Crippen LogP contribution in [0.15, 0.2) is 65.7 Å². The number of hydrogen-bond acceptors (Lipinski definition) is 3. The highest BCUT2D eigenvalue weighted by atomic mass is 16.1. The average molecular weight is 346 g/mol. The molecule has 0 unspecified atom stereocenters. The van der Waals surface area contributed by atoms with E-state index in [4.69, 9.17) is 5.73 Å². The lowest BCUT2D eigenvalue weighted by atomic mass is 10.1. The molecule has 130 valence electrons. The highest BCUT2D eigenvalue weighted by Gasteiger charge is 2.17. The molecule has 0 aliphatic carbocycles. The third kappa shape index (κ3) is 2.75. The van der Waals surface area contributed by atoms with Crippen LogP contribution in [0.25, 0.3) is 21.9 Å². The van der Waals surface area contributed by atoms with Crippen molar-refractivity contribution in [2.45, 2.75) is 19.5 Å². The molecule has 26 heavy (non-hydrogen) atoms. The molecule has 0 spiro atoms. The number of aromatic nitrogens is 3. The van der Waals surface area contributed by atoms with E-state index in [1.807, 2.05) is 54.6 Å². The van der Waals surface area contributed by atoms with Gasteiger partial charge < -0.3 is 10.3 Å². The van der Waals surface area contributed by atoms with E-state index in [0.29, 0.717) is 17.6 Å². The molecule has 0 fully saturated rings. The maximum absolute atomic E-state index is 13.1. The van der Waals surface area contributed by atoms with Gasteiger partial charge >= 0.3 is 0 Å². The molecule has 6 heteroatoms. The number of benzene rings is 2. The summed E-state index contributed by atoms with van der Waals surface area (Å²) in [4.78, 5) is 29.1. The number of fused-ring (bicyclic) bond motifs is 3. The van der Waals surface area contributed by atoms with Crippen LogP contribution < -0.4 is 11.3 Å². The van der Waals surface area contributed by atoms with Gasteiger partial charge in [-0.2, -0.15) is 0 Å². The van der Waals surface area contributed by atoms with Gasteiger partial charge in [-0.1, -0.05) is 48.5 Å². The molecule has 2 N–H and O–H groups in total. The lowest BCUT2D eigenvalue weighted by Crippen LogP contribution is -2.26. The van der Waals surface area contributed by atoms with Crippen LogP contribution in [0.3, 0.4) is 0 Å². The van der Waals surface area contributed by atoms with Crippen molar-refractivity contribution >= 4 is 27.8 Å². The zero-order valence-corrected chi connectivity index (χ0v) is 14.1. The monoisotopic (exact) mass is 346 g/mol. The molecule has 1 amide bonds. The number of amides is 1. The topological polar surface area (TPSA) is 82.9 Å².